The minimum absolute atomic E-state index is 0.817. The number of unbranched alkanes of at least 4 members (excludes halogenated alkanes) is 1. The first-order valence-corrected chi connectivity index (χ1v) is 5.27. The van der Waals surface area contributed by atoms with E-state index in [1.54, 1.807) is 7.11 Å². The highest BCUT2D eigenvalue weighted by molar-refractivity contribution is 5.74. The largest absolute Gasteiger partial charge is 0.497 e. The number of ether oxygens (including phenoxy) is 1. The van der Waals surface area contributed by atoms with Crippen LogP contribution >= 0.6 is 0 Å². The minimum atomic E-state index is 0.817. The number of rotatable bonds is 4. The van der Waals surface area contributed by atoms with Gasteiger partial charge in [0.2, 0.25) is 0 Å². The summed E-state index contributed by atoms with van der Waals surface area (Å²) in [6.45, 7) is 2.16. The summed E-state index contributed by atoms with van der Waals surface area (Å²) in [7, 11) is 1.65. The second-order valence-corrected chi connectivity index (χ2v) is 3.54. The van der Waals surface area contributed by atoms with Crippen molar-refractivity contribution in [1.82, 2.24) is 4.98 Å². The molecule has 1 aromatic heterocycles. The third kappa shape index (κ3) is 2.12. The molecule has 0 spiro atoms. The highest BCUT2D eigenvalue weighted by Crippen LogP contribution is 2.21. The van der Waals surface area contributed by atoms with E-state index in [1.807, 2.05) is 18.2 Å². The number of aromatic nitrogens is 1. The second kappa shape index (κ2) is 4.34. The van der Waals surface area contributed by atoms with E-state index in [-0.39, 0.29) is 0 Å². The molecule has 0 saturated carbocycles. The summed E-state index contributed by atoms with van der Waals surface area (Å²) in [6, 6.07) is 5.68. The Bertz CT molecular complexity index is 448. The van der Waals surface area contributed by atoms with Crippen molar-refractivity contribution in [3.05, 3.63) is 24.1 Å². The summed E-state index contributed by atoms with van der Waals surface area (Å²) < 4.78 is 10.7. The lowest BCUT2D eigenvalue weighted by molar-refractivity contribution is 0.415. The molecule has 0 amide bonds. The molecule has 0 aliphatic carbocycles. The van der Waals surface area contributed by atoms with Crippen LogP contribution in [0.5, 0.6) is 5.75 Å². The maximum Gasteiger partial charge on any atom is 0.195 e. The van der Waals surface area contributed by atoms with Gasteiger partial charge in [0.05, 0.1) is 7.11 Å². The first-order valence-electron chi connectivity index (χ1n) is 5.27. The Morgan fingerprint density at radius 2 is 2.27 bits per heavy atom. The number of methoxy groups -OCH3 is 1. The Morgan fingerprint density at radius 3 is 3.00 bits per heavy atom. The molecule has 3 heteroatoms. The number of oxazole rings is 1. The SMILES string of the molecule is CCCCc1nc2cc(OC)ccc2o1. The average molecular weight is 205 g/mol. The first-order chi connectivity index (χ1) is 7.33. The molecule has 3 nitrogen and oxygen atoms in total. The van der Waals surface area contributed by atoms with E-state index < -0.39 is 0 Å². The number of hydrogen-bond acceptors (Lipinski definition) is 3. The van der Waals surface area contributed by atoms with Gasteiger partial charge in [-0.25, -0.2) is 4.98 Å². The zero-order valence-corrected chi connectivity index (χ0v) is 9.12. The van der Waals surface area contributed by atoms with E-state index >= 15 is 0 Å². The van der Waals surface area contributed by atoms with Crippen LogP contribution in [0.15, 0.2) is 22.6 Å². The Labute approximate surface area is 89.1 Å². The summed E-state index contributed by atoms with van der Waals surface area (Å²) >= 11 is 0. The van der Waals surface area contributed by atoms with Crippen LogP contribution in [0.25, 0.3) is 11.1 Å². The summed E-state index contributed by atoms with van der Waals surface area (Å²) in [4.78, 5) is 4.41. The highest BCUT2D eigenvalue weighted by atomic mass is 16.5. The van der Waals surface area contributed by atoms with Crippen LogP contribution in [0.3, 0.4) is 0 Å². The molecular weight excluding hydrogens is 190 g/mol. The van der Waals surface area contributed by atoms with Gasteiger partial charge in [0.15, 0.2) is 11.5 Å². The molecule has 0 fully saturated rings. The van der Waals surface area contributed by atoms with Gasteiger partial charge in [-0.15, -0.1) is 0 Å². The van der Waals surface area contributed by atoms with Crippen molar-refractivity contribution < 1.29 is 9.15 Å². The lowest BCUT2D eigenvalue weighted by atomic mass is 10.2. The number of fused-ring (bicyclic) bond motifs is 1. The Kier molecular flexibility index (Phi) is 2.90. The van der Waals surface area contributed by atoms with Gasteiger partial charge in [-0.1, -0.05) is 13.3 Å². The zero-order chi connectivity index (χ0) is 10.7. The fourth-order valence-electron chi connectivity index (χ4n) is 1.52. The van der Waals surface area contributed by atoms with Gasteiger partial charge in [0.1, 0.15) is 11.3 Å². The summed E-state index contributed by atoms with van der Waals surface area (Å²) in [5.74, 6) is 1.64. The summed E-state index contributed by atoms with van der Waals surface area (Å²) in [5.41, 5.74) is 1.71. The van der Waals surface area contributed by atoms with Gasteiger partial charge in [0, 0.05) is 12.5 Å². The topological polar surface area (TPSA) is 35.3 Å². The van der Waals surface area contributed by atoms with Crippen LogP contribution in [0.2, 0.25) is 0 Å². The molecule has 2 rings (SSSR count). The van der Waals surface area contributed by atoms with Crippen molar-refractivity contribution in [1.29, 1.82) is 0 Å². The van der Waals surface area contributed by atoms with E-state index in [2.05, 4.69) is 11.9 Å². The Morgan fingerprint density at radius 1 is 1.40 bits per heavy atom. The third-order valence-corrected chi connectivity index (χ3v) is 2.38. The van der Waals surface area contributed by atoms with E-state index in [1.165, 1.54) is 0 Å². The molecule has 0 N–H and O–H groups in total. The van der Waals surface area contributed by atoms with Crippen molar-refractivity contribution in [2.24, 2.45) is 0 Å². The highest BCUT2D eigenvalue weighted by Gasteiger charge is 2.05. The van der Waals surface area contributed by atoms with Crippen LogP contribution in [-0.2, 0) is 6.42 Å². The molecule has 0 aliphatic heterocycles. The van der Waals surface area contributed by atoms with E-state index in [4.69, 9.17) is 9.15 Å². The van der Waals surface area contributed by atoms with E-state index in [0.29, 0.717) is 0 Å². The van der Waals surface area contributed by atoms with Gasteiger partial charge in [-0.2, -0.15) is 0 Å². The van der Waals surface area contributed by atoms with Crippen LogP contribution in [0.1, 0.15) is 25.7 Å². The van der Waals surface area contributed by atoms with Crippen molar-refractivity contribution in [2.75, 3.05) is 7.11 Å². The molecule has 0 unspecified atom stereocenters. The average Bonchev–Trinajstić information content (AvgIpc) is 2.67. The molecule has 0 aliphatic rings. The molecule has 80 valence electrons. The second-order valence-electron chi connectivity index (χ2n) is 3.54. The van der Waals surface area contributed by atoms with Crippen molar-refractivity contribution in [3.8, 4) is 5.75 Å². The lowest BCUT2D eigenvalue weighted by Crippen LogP contribution is -1.83. The van der Waals surface area contributed by atoms with Crippen LogP contribution in [0.4, 0.5) is 0 Å². The van der Waals surface area contributed by atoms with Crippen LogP contribution in [0, 0.1) is 0 Å². The number of benzene rings is 1. The summed E-state index contributed by atoms with van der Waals surface area (Å²) in [6.07, 6.45) is 3.18. The van der Waals surface area contributed by atoms with Crippen molar-refractivity contribution in [2.45, 2.75) is 26.2 Å². The first kappa shape index (κ1) is 10.0. The van der Waals surface area contributed by atoms with Crippen LogP contribution < -0.4 is 4.74 Å². The standard InChI is InChI=1S/C12H15NO2/c1-3-4-5-12-13-10-8-9(14-2)6-7-11(10)15-12/h6-8H,3-5H2,1-2H3. The van der Waals surface area contributed by atoms with Gasteiger partial charge < -0.3 is 9.15 Å². The fraction of sp³-hybridized carbons (Fsp3) is 0.417. The number of hydrogen-bond donors (Lipinski definition) is 0. The normalized spacial score (nSPS) is 10.8. The molecule has 2 aromatic rings. The molecule has 0 saturated heterocycles. The predicted octanol–water partition coefficient (Wildman–Crippen LogP) is 3.18. The number of aryl methyl sites for hydroxylation is 1. The quantitative estimate of drug-likeness (QED) is 0.769. The van der Waals surface area contributed by atoms with E-state index in [0.717, 1.165) is 42.0 Å². The monoisotopic (exact) mass is 205 g/mol. The molecule has 1 heterocycles. The fourth-order valence-corrected chi connectivity index (χ4v) is 1.52. The predicted molar refractivity (Wildman–Crippen MR) is 59.2 cm³/mol. The Hall–Kier alpha value is -1.51. The third-order valence-electron chi connectivity index (χ3n) is 2.38. The Balaban J connectivity index is 2.29. The van der Waals surface area contributed by atoms with Gasteiger partial charge in [0.25, 0.3) is 0 Å². The molecule has 0 radical (unpaired) electrons. The summed E-state index contributed by atoms with van der Waals surface area (Å²) in [5, 5.41) is 0. The smallest absolute Gasteiger partial charge is 0.195 e. The maximum atomic E-state index is 5.60. The van der Waals surface area contributed by atoms with Crippen LogP contribution in [-0.4, -0.2) is 12.1 Å². The molecule has 1 aromatic carbocycles. The molecule has 0 bridgehead atoms. The molecular formula is C12H15NO2. The zero-order valence-electron chi connectivity index (χ0n) is 9.12. The molecule has 15 heavy (non-hydrogen) atoms. The van der Waals surface area contributed by atoms with Gasteiger partial charge in [-0.05, 0) is 18.6 Å². The van der Waals surface area contributed by atoms with Crippen molar-refractivity contribution >= 4 is 11.1 Å². The number of nitrogens with zero attached hydrogens (tertiary/aromatic N) is 1. The molecule has 0 atom stereocenters. The maximum absolute atomic E-state index is 5.60. The van der Waals surface area contributed by atoms with E-state index in [9.17, 15) is 0 Å². The van der Waals surface area contributed by atoms with Gasteiger partial charge >= 0.3 is 0 Å². The minimum Gasteiger partial charge on any atom is -0.497 e. The van der Waals surface area contributed by atoms with Gasteiger partial charge in [-0.3, -0.25) is 0 Å². The lowest BCUT2D eigenvalue weighted by Gasteiger charge is -1.95. The van der Waals surface area contributed by atoms with Crippen molar-refractivity contribution in [3.63, 3.8) is 0 Å².